The van der Waals surface area contributed by atoms with Crippen molar-refractivity contribution in [3.8, 4) is 0 Å². The highest BCUT2D eigenvalue weighted by Crippen LogP contribution is 2.05. The monoisotopic (exact) mass is 235 g/mol. The molecule has 0 radical (unpaired) electrons. The van der Waals surface area contributed by atoms with Gasteiger partial charge in [-0.15, -0.1) is 0 Å². The SMILES string of the molecule is CNNCc1ccc(CC(=O)NC(C)C)cc1. The van der Waals surface area contributed by atoms with E-state index < -0.39 is 0 Å². The molecule has 0 saturated carbocycles. The van der Waals surface area contributed by atoms with Gasteiger partial charge >= 0.3 is 0 Å². The molecule has 0 saturated heterocycles. The zero-order valence-corrected chi connectivity index (χ0v) is 10.7. The standard InChI is InChI=1S/C13H21N3O/c1-10(2)16-13(17)8-11-4-6-12(7-5-11)9-15-14-3/h4-7,10,14-15H,8-9H2,1-3H3,(H,16,17). The fourth-order valence-corrected chi connectivity index (χ4v) is 1.52. The van der Waals surface area contributed by atoms with Crippen LogP contribution in [0.2, 0.25) is 0 Å². The molecule has 0 fully saturated rings. The summed E-state index contributed by atoms with van der Waals surface area (Å²) in [5, 5.41) is 2.88. The Morgan fingerprint density at radius 1 is 1.18 bits per heavy atom. The van der Waals surface area contributed by atoms with Crippen molar-refractivity contribution in [3.05, 3.63) is 35.4 Å². The Balaban J connectivity index is 2.47. The van der Waals surface area contributed by atoms with Crippen LogP contribution in [0, 0.1) is 0 Å². The van der Waals surface area contributed by atoms with Crippen molar-refractivity contribution >= 4 is 5.91 Å². The average Bonchev–Trinajstić information content (AvgIpc) is 2.27. The molecule has 0 unspecified atom stereocenters. The van der Waals surface area contributed by atoms with Crippen molar-refractivity contribution in [2.24, 2.45) is 0 Å². The van der Waals surface area contributed by atoms with Gasteiger partial charge in [0.25, 0.3) is 0 Å². The van der Waals surface area contributed by atoms with Crippen molar-refractivity contribution in [3.63, 3.8) is 0 Å². The van der Waals surface area contributed by atoms with E-state index in [2.05, 4.69) is 16.2 Å². The summed E-state index contributed by atoms with van der Waals surface area (Å²) in [5.41, 5.74) is 8.12. The maximum Gasteiger partial charge on any atom is 0.224 e. The third-order valence-electron chi connectivity index (χ3n) is 2.31. The molecule has 0 atom stereocenters. The molecule has 1 aromatic carbocycles. The number of hydrogen-bond donors (Lipinski definition) is 3. The zero-order chi connectivity index (χ0) is 12.7. The van der Waals surface area contributed by atoms with Gasteiger partial charge in [-0.3, -0.25) is 15.6 Å². The van der Waals surface area contributed by atoms with E-state index in [4.69, 9.17) is 0 Å². The number of benzene rings is 1. The number of carbonyl (C=O) groups is 1. The molecule has 1 aromatic rings. The zero-order valence-electron chi connectivity index (χ0n) is 10.7. The molecule has 0 bridgehead atoms. The van der Waals surface area contributed by atoms with Crippen LogP contribution < -0.4 is 16.2 Å². The third-order valence-corrected chi connectivity index (χ3v) is 2.31. The van der Waals surface area contributed by atoms with Gasteiger partial charge in [0.1, 0.15) is 0 Å². The highest BCUT2D eigenvalue weighted by molar-refractivity contribution is 5.78. The molecule has 0 aromatic heterocycles. The Morgan fingerprint density at radius 3 is 2.29 bits per heavy atom. The number of hydrogen-bond acceptors (Lipinski definition) is 3. The van der Waals surface area contributed by atoms with Crippen LogP contribution in [0.1, 0.15) is 25.0 Å². The highest BCUT2D eigenvalue weighted by Gasteiger charge is 2.04. The number of nitrogens with one attached hydrogen (secondary N) is 3. The van der Waals surface area contributed by atoms with Crippen molar-refractivity contribution in [2.75, 3.05) is 7.05 Å². The molecular weight excluding hydrogens is 214 g/mol. The molecule has 0 aliphatic heterocycles. The van der Waals surface area contributed by atoms with Gasteiger partial charge in [-0.1, -0.05) is 24.3 Å². The first-order valence-electron chi connectivity index (χ1n) is 5.88. The maximum atomic E-state index is 11.5. The van der Waals surface area contributed by atoms with Gasteiger partial charge in [-0.05, 0) is 32.0 Å². The van der Waals surface area contributed by atoms with E-state index in [1.807, 2.05) is 45.2 Å². The molecule has 3 N–H and O–H groups in total. The van der Waals surface area contributed by atoms with Crippen LogP contribution in [-0.2, 0) is 17.8 Å². The molecule has 0 heterocycles. The summed E-state index contributed by atoms with van der Waals surface area (Å²) >= 11 is 0. The van der Waals surface area contributed by atoms with Crippen LogP contribution in [0.4, 0.5) is 0 Å². The molecule has 0 aliphatic rings. The summed E-state index contributed by atoms with van der Waals surface area (Å²) in [5.74, 6) is 0.0705. The van der Waals surface area contributed by atoms with Gasteiger partial charge in [0.15, 0.2) is 0 Å². The largest absolute Gasteiger partial charge is 0.354 e. The predicted molar refractivity (Wildman–Crippen MR) is 69.3 cm³/mol. The lowest BCUT2D eigenvalue weighted by Gasteiger charge is -2.08. The Bertz CT molecular complexity index is 346. The number of carbonyl (C=O) groups excluding carboxylic acids is 1. The molecule has 1 amide bonds. The van der Waals surface area contributed by atoms with E-state index in [1.54, 1.807) is 0 Å². The lowest BCUT2D eigenvalue weighted by Crippen LogP contribution is -2.31. The molecular formula is C13H21N3O. The summed E-state index contributed by atoms with van der Waals surface area (Å²) < 4.78 is 0. The predicted octanol–water partition coefficient (Wildman–Crippen LogP) is 0.978. The second-order valence-corrected chi connectivity index (χ2v) is 4.32. The normalized spacial score (nSPS) is 10.6. The van der Waals surface area contributed by atoms with E-state index in [0.29, 0.717) is 6.42 Å². The van der Waals surface area contributed by atoms with E-state index in [0.717, 1.165) is 12.1 Å². The second-order valence-electron chi connectivity index (χ2n) is 4.32. The van der Waals surface area contributed by atoms with Crippen molar-refractivity contribution in [1.29, 1.82) is 0 Å². The number of amides is 1. The molecule has 0 spiro atoms. The smallest absolute Gasteiger partial charge is 0.224 e. The first-order valence-corrected chi connectivity index (χ1v) is 5.88. The molecule has 0 aliphatic carbocycles. The Hall–Kier alpha value is -1.39. The van der Waals surface area contributed by atoms with Crippen molar-refractivity contribution in [2.45, 2.75) is 32.9 Å². The van der Waals surface area contributed by atoms with Gasteiger partial charge in [0.2, 0.25) is 5.91 Å². The first kappa shape index (κ1) is 13.7. The fraction of sp³-hybridized carbons (Fsp3) is 0.462. The van der Waals surface area contributed by atoms with E-state index in [1.165, 1.54) is 5.56 Å². The molecule has 94 valence electrons. The molecule has 1 rings (SSSR count). The minimum atomic E-state index is 0.0705. The Morgan fingerprint density at radius 2 is 1.76 bits per heavy atom. The van der Waals surface area contributed by atoms with Gasteiger partial charge in [0.05, 0.1) is 6.42 Å². The summed E-state index contributed by atoms with van der Waals surface area (Å²) in [6.07, 6.45) is 0.442. The number of hydrazine groups is 1. The lowest BCUT2D eigenvalue weighted by atomic mass is 10.1. The molecule has 4 heteroatoms. The number of rotatable bonds is 6. The summed E-state index contributed by atoms with van der Waals surface area (Å²) in [6.45, 7) is 4.70. The Kier molecular flexibility index (Phi) is 5.66. The van der Waals surface area contributed by atoms with Crippen molar-refractivity contribution in [1.82, 2.24) is 16.2 Å². The average molecular weight is 235 g/mol. The summed E-state index contributed by atoms with van der Waals surface area (Å²) in [7, 11) is 1.84. The van der Waals surface area contributed by atoms with E-state index >= 15 is 0 Å². The molecule has 4 nitrogen and oxygen atoms in total. The minimum Gasteiger partial charge on any atom is -0.354 e. The van der Waals surface area contributed by atoms with Gasteiger partial charge in [0, 0.05) is 12.6 Å². The topological polar surface area (TPSA) is 53.2 Å². The first-order chi connectivity index (χ1) is 8.11. The van der Waals surface area contributed by atoms with Crippen LogP contribution in [0.5, 0.6) is 0 Å². The summed E-state index contributed by atoms with van der Waals surface area (Å²) in [6, 6.07) is 8.24. The van der Waals surface area contributed by atoms with Gasteiger partial charge in [-0.25, -0.2) is 0 Å². The Labute approximate surface area is 103 Å². The minimum absolute atomic E-state index is 0.0705. The fourth-order valence-electron chi connectivity index (χ4n) is 1.52. The third kappa shape index (κ3) is 5.47. The molecule has 17 heavy (non-hydrogen) atoms. The van der Waals surface area contributed by atoms with Gasteiger partial charge < -0.3 is 5.32 Å². The van der Waals surface area contributed by atoms with Crippen LogP contribution in [-0.4, -0.2) is 19.0 Å². The highest BCUT2D eigenvalue weighted by atomic mass is 16.1. The van der Waals surface area contributed by atoms with Crippen LogP contribution in [0.3, 0.4) is 0 Å². The summed E-state index contributed by atoms with van der Waals surface area (Å²) in [4.78, 5) is 11.5. The van der Waals surface area contributed by atoms with Gasteiger partial charge in [-0.2, -0.15) is 0 Å². The lowest BCUT2D eigenvalue weighted by molar-refractivity contribution is -0.120. The maximum absolute atomic E-state index is 11.5. The second kappa shape index (κ2) is 7.04. The van der Waals surface area contributed by atoms with Crippen LogP contribution >= 0.6 is 0 Å². The van der Waals surface area contributed by atoms with Crippen LogP contribution in [0.25, 0.3) is 0 Å². The van der Waals surface area contributed by atoms with Crippen LogP contribution in [0.15, 0.2) is 24.3 Å². The quantitative estimate of drug-likeness (QED) is 0.644. The van der Waals surface area contributed by atoms with Crippen molar-refractivity contribution < 1.29 is 4.79 Å². The van der Waals surface area contributed by atoms with E-state index in [9.17, 15) is 4.79 Å². The van der Waals surface area contributed by atoms with E-state index in [-0.39, 0.29) is 11.9 Å².